The molecule has 2 aliphatic heterocycles. The number of thiazole rings is 1. The van der Waals surface area contributed by atoms with Gasteiger partial charge in [0.05, 0.1) is 10.2 Å². The topological polar surface area (TPSA) is 45.7 Å². The zero-order valence-corrected chi connectivity index (χ0v) is 18.3. The van der Waals surface area contributed by atoms with Crippen molar-refractivity contribution in [3.8, 4) is 10.9 Å². The van der Waals surface area contributed by atoms with Crippen molar-refractivity contribution in [2.24, 2.45) is 0 Å². The SMILES string of the molecule is CC(=O)N1C2CC[C@@H]1CC(N(C)Cc1ccc(Oc3nc4ccccc4s3)cc1)C2. The van der Waals surface area contributed by atoms with Crippen LogP contribution in [0.25, 0.3) is 10.2 Å². The van der Waals surface area contributed by atoms with E-state index in [9.17, 15) is 4.79 Å². The number of carbonyl (C=O) groups excluding carboxylic acids is 1. The molecule has 5 nitrogen and oxygen atoms in total. The monoisotopic (exact) mass is 421 g/mol. The van der Waals surface area contributed by atoms with Crippen LogP contribution < -0.4 is 4.74 Å². The van der Waals surface area contributed by atoms with E-state index in [0.29, 0.717) is 23.3 Å². The van der Waals surface area contributed by atoms with E-state index in [-0.39, 0.29) is 5.91 Å². The number of hydrogen-bond donors (Lipinski definition) is 0. The van der Waals surface area contributed by atoms with Gasteiger partial charge in [0, 0.05) is 31.6 Å². The molecule has 30 heavy (non-hydrogen) atoms. The van der Waals surface area contributed by atoms with Gasteiger partial charge in [-0.05, 0) is 62.6 Å². The number of rotatable bonds is 5. The van der Waals surface area contributed by atoms with Gasteiger partial charge >= 0.3 is 0 Å². The van der Waals surface area contributed by atoms with E-state index in [4.69, 9.17) is 4.74 Å². The summed E-state index contributed by atoms with van der Waals surface area (Å²) < 4.78 is 7.10. The van der Waals surface area contributed by atoms with Crippen LogP contribution in [0.2, 0.25) is 0 Å². The minimum Gasteiger partial charge on any atom is -0.431 e. The molecule has 2 fully saturated rings. The fraction of sp³-hybridized carbons (Fsp3) is 0.417. The Labute approximate surface area is 181 Å². The van der Waals surface area contributed by atoms with E-state index in [1.807, 2.05) is 30.3 Å². The Hall–Kier alpha value is -2.44. The molecule has 6 heteroatoms. The van der Waals surface area contributed by atoms with E-state index in [0.717, 1.165) is 48.2 Å². The average Bonchev–Trinajstić information content (AvgIpc) is 3.26. The third kappa shape index (κ3) is 3.82. The van der Waals surface area contributed by atoms with Crippen molar-refractivity contribution in [3.63, 3.8) is 0 Å². The first-order valence-corrected chi connectivity index (χ1v) is 11.5. The van der Waals surface area contributed by atoms with Crippen molar-refractivity contribution in [1.82, 2.24) is 14.8 Å². The molecule has 2 bridgehead atoms. The number of ether oxygens (including phenoxy) is 1. The lowest BCUT2D eigenvalue weighted by atomic mass is 9.95. The summed E-state index contributed by atoms with van der Waals surface area (Å²) in [7, 11) is 2.21. The summed E-state index contributed by atoms with van der Waals surface area (Å²) in [5, 5.41) is 0.675. The molecule has 2 saturated heterocycles. The van der Waals surface area contributed by atoms with Crippen LogP contribution in [0, 0.1) is 0 Å². The zero-order valence-electron chi connectivity index (χ0n) is 17.5. The highest BCUT2D eigenvalue weighted by Gasteiger charge is 2.42. The molecule has 2 unspecified atom stereocenters. The maximum atomic E-state index is 11.9. The van der Waals surface area contributed by atoms with Gasteiger partial charge in [-0.2, -0.15) is 0 Å². The average molecular weight is 422 g/mol. The molecule has 0 N–H and O–H groups in total. The van der Waals surface area contributed by atoms with Gasteiger partial charge in [0.2, 0.25) is 5.91 Å². The Morgan fingerprint density at radius 2 is 1.83 bits per heavy atom. The van der Waals surface area contributed by atoms with E-state index < -0.39 is 0 Å². The van der Waals surface area contributed by atoms with E-state index in [2.05, 4.69) is 40.0 Å². The van der Waals surface area contributed by atoms with Crippen molar-refractivity contribution in [2.75, 3.05) is 7.05 Å². The Kier molecular flexibility index (Phi) is 5.21. The summed E-state index contributed by atoms with van der Waals surface area (Å²) in [6.45, 7) is 2.62. The van der Waals surface area contributed by atoms with Crippen molar-refractivity contribution >= 4 is 27.5 Å². The van der Waals surface area contributed by atoms with Gasteiger partial charge in [0.15, 0.2) is 0 Å². The number of carbonyl (C=O) groups is 1. The van der Waals surface area contributed by atoms with Crippen LogP contribution in [0.4, 0.5) is 0 Å². The quantitative estimate of drug-likeness (QED) is 0.577. The number of hydrogen-bond acceptors (Lipinski definition) is 5. The maximum absolute atomic E-state index is 11.9. The molecule has 156 valence electrons. The standard InChI is InChI=1S/C24H27N3O2S/c1-16(28)27-18-9-10-19(27)14-20(13-18)26(2)15-17-7-11-21(12-8-17)29-24-25-22-5-3-4-6-23(22)30-24/h3-8,11-12,18-20H,9-10,13-15H2,1-2H3/t18-,19?,20?/m1/s1. The first-order valence-electron chi connectivity index (χ1n) is 10.7. The minimum atomic E-state index is 0.243. The molecule has 3 atom stereocenters. The summed E-state index contributed by atoms with van der Waals surface area (Å²) in [5.74, 6) is 1.06. The number of para-hydroxylation sites is 1. The summed E-state index contributed by atoms with van der Waals surface area (Å²) in [4.78, 5) is 21.1. The second-order valence-electron chi connectivity index (χ2n) is 8.55. The number of fused-ring (bicyclic) bond motifs is 3. The number of aromatic nitrogens is 1. The molecule has 3 aromatic rings. The molecule has 1 aromatic heterocycles. The lowest BCUT2D eigenvalue weighted by molar-refractivity contribution is -0.134. The molecule has 0 saturated carbocycles. The number of nitrogens with zero attached hydrogens (tertiary/aromatic N) is 3. The Bertz CT molecular complexity index is 1000. The van der Waals surface area contributed by atoms with E-state index in [1.54, 1.807) is 18.3 Å². The Morgan fingerprint density at radius 3 is 2.50 bits per heavy atom. The van der Waals surface area contributed by atoms with Crippen LogP contribution in [0.15, 0.2) is 48.5 Å². The van der Waals surface area contributed by atoms with Gasteiger partial charge in [-0.1, -0.05) is 35.6 Å². The number of amides is 1. The van der Waals surface area contributed by atoms with Crippen LogP contribution in [0.1, 0.15) is 38.2 Å². The fourth-order valence-electron chi connectivity index (χ4n) is 5.10. The summed E-state index contributed by atoms with van der Waals surface area (Å²) in [5.41, 5.74) is 2.25. The van der Waals surface area contributed by atoms with Gasteiger partial charge in [-0.25, -0.2) is 4.98 Å². The van der Waals surface area contributed by atoms with Crippen LogP contribution in [0.5, 0.6) is 10.9 Å². The molecule has 0 spiro atoms. The molecule has 0 radical (unpaired) electrons. The van der Waals surface area contributed by atoms with Crippen molar-refractivity contribution in [3.05, 3.63) is 54.1 Å². The van der Waals surface area contributed by atoms with E-state index in [1.165, 1.54) is 5.56 Å². The van der Waals surface area contributed by atoms with E-state index >= 15 is 0 Å². The summed E-state index contributed by atoms with van der Waals surface area (Å²) in [6, 6.07) is 17.8. The molecule has 0 aliphatic carbocycles. The highest BCUT2D eigenvalue weighted by Crippen LogP contribution is 2.38. The Morgan fingerprint density at radius 1 is 1.13 bits per heavy atom. The van der Waals surface area contributed by atoms with Crippen molar-refractivity contribution < 1.29 is 9.53 Å². The second kappa shape index (κ2) is 8.00. The lowest BCUT2D eigenvalue weighted by Gasteiger charge is -2.42. The number of piperidine rings is 1. The minimum absolute atomic E-state index is 0.243. The van der Waals surface area contributed by atoms with Crippen molar-refractivity contribution in [1.29, 1.82) is 0 Å². The highest BCUT2D eigenvalue weighted by atomic mass is 32.1. The molecule has 3 heterocycles. The first kappa shape index (κ1) is 19.5. The molecule has 5 rings (SSSR count). The molecular formula is C24H27N3O2S. The van der Waals surface area contributed by atoms with Gasteiger partial charge in [0.1, 0.15) is 5.75 Å². The van der Waals surface area contributed by atoms with Gasteiger partial charge in [-0.3, -0.25) is 9.69 Å². The molecule has 1 amide bonds. The predicted molar refractivity (Wildman–Crippen MR) is 120 cm³/mol. The normalized spacial score (nSPS) is 23.3. The summed E-state index contributed by atoms with van der Waals surface area (Å²) in [6.07, 6.45) is 4.50. The lowest BCUT2D eigenvalue weighted by Crippen LogP contribution is -2.51. The molecular weight excluding hydrogens is 394 g/mol. The Balaban J connectivity index is 1.20. The highest BCUT2D eigenvalue weighted by molar-refractivity contribution is 7.20. The molecule has 2 aromatic carbocycles. The third-order valence-electron chi connectivity index (χ3n) is 6.53. The van der Waals surface area contributed by atoms with Crippen LogP contribution >= 0.6 is 11.3 Å². The fourth-order valence-corrected chi connectivity index (χ4v) is 5.93. The zero-order chi connectivity index (χ0) is 20.7. The van der Waals surface area contributed by atoms with Gasteiger partial charge < -0.3 is 9.64 Å². The van der Waals surface area contributed by atoms with Gasteiger partial charge in [0.25, 0.3) is 5.19 Å². The largest absolute Gasteiger partial charge is 0.431 e. The van der Waals surface area contributed by atoms with Crippen LogP contribution in [0.3, 0.4) is 0 Å². The van der Waals surface area contributed by atoms with Crippen molar-refractivity contribution in [2.45, 2.75) is 57.3 Å². The second-order valence-corrected chi connectivity index (χ2v) is 9.54. The van der Waals surface area contributed by atoms with Gasteiger partial charge in [-0.15, -0.1) is 0 Å². The third-order valence-corrected chi connectivity index (χ3v) is 7.44. The predicted octanol–water partition coefficient (Wildman–Crippen LogP) is 5.06. The first-order chi connectivity index (χ1) is 14.6. The van der Waals surface area contributed by atoms with Crippen LogP contribution in [-0.2, 0) is 11.3 Å². The maximum Gasteiger partial charge on any atom is 0.279 e. The molecule has 2 aliphatic rings. The summed E-state index contributed by atoms with van der Waals surface area (Å²) >= 11 is 1.56. The number of benzene rings is 2. The smallest absolute Gasteiger partial charge is 0.279 e. The van der Waals surface area contributed by atoms with Crippen LogP contribution in [-0.4, -0.2) is 45.9 Å².